The van der Waals surface area contributed by atoms with E-state index in [1.165, 1.54) is 0 Å². The summed E-state index contributed by atoms with van der Waals surface area (Å²) in [5, 5.41) is 9.24. The summed E-state index contributed by atoms with van der Waals surface area (Å²) in [7, 11) is 1.86. The predicted molar refractivity (Wildman–Crippen MR) is 108 cm³/mol. The Hall–Kier alpha value is -2.48. The summed E-state index contributed by atoms with van der Waals surface area (Å²) in [6.45, 7) is 0.354. The summed E-state index contributed by atoms with van der Waals surface area (Å²) in [5.74, 6) is 0.523. The Labute approximate surface area is 166 Å². The number of carbonyl (C=O) groups is 1. The van der Waals surface area contributed by atoms with Crippen molar-refractivity contribution in [3.63, 3.8) is 0 Å². The number of aromatic nitrogens is 2. The molecule has 140 valence electrons. The van der Waals surface area contributed by atoms with Crippen molar-refractivity contribution in [2.45, 2.75) is 17.9 Å². The summed E-state index contributed by atoms with van der Waals surface area (Å²) in [6.07, 6.45) is 3.53. The third-order valence-electron chi connectivity index (χ3n) is 3.93. The van der Waals surface area contributed by atoms with Crippen LogP contribution in [0.4, 0.5) is 5.69 Å². The number of nitrogens with one attached hydrogen (secondary N) is 1. The quantitative estimate of drug-likeness (QED) is 0.587. The lowest BCUT2D eigenvalue weighted by molar-refractivity contribution is -0.115. The van der Waals surface area contributed by atoms with Crippen LogP contribution in [-0.2, 0) is 24.9 Å². The monoisotopic (exact) mass is 402 g/mol. The molecule has 0 aliphatic rings. The third kappa shape index (κ3) is 5.03. The molecule has 0 saturated carbocycles. The van der Waals surface area contributed by atoms with Gasteiger partial charge < -0.3 is 14.6 Å². The zero-order valence-electron chi connectivity index (χ0n) is 14.7. The Morgan fingerprint density at radius 1 is 1.30 bits per heavy atom. The van der Waals surface area contributed by atoms with Crippen molar-refractivity contribution in [3.05, 3.63) is 71.1 Å². The normalized spacial score (nSPS) is 10.6. The van der Waals surface area contributed by atoms with Crippen molar-refractivity contribution in [3.8, 4) is 5.88 Å². The number of anilines is 1. The van der Waals surface area contributed by atoms with Crippen LogP contribution < -0.4 is 15.2 Å². The fraction of sp³-hybridized carbons (Fsp3) is 0.158. The highest BCUT2D eigenvalue weighted by Gasteiger charge is 2.10. The van der Waals surface area contributed by atoms with Gasteiger partial charge in [0, 0.05) is 28.2 Å². The number of nitrogens with two attached hydrogens (primary N) is 1. The SMILES string of the molecule is Cn1cncc1OCc1ccc(NC(=O)Cc2ccccc2Cl)cc1SN. The van der Waals surface area contributed by atoms with Crippen molar-refractivity contribution in [1.82, 2.24) is 9.55 Å². The Balaban J connectivity index is 1.65. The summed E-state index contributed by atoms with van der Waals surface area (Å²) in [5.41, 5.74) is 2.38. The number of nitrogens with zero attached hydrogens (tertiary/aromatic N) is 2. The van der Waals surface area contributed by atoms with Crippen LogP contribution in [0.5, 0.6) is 5.88 Å². The van der Waals surface area contributed by atoms with E-state index < -0.39 is 0 Å². The first-order chi connectivity index (χ1) is 13.1. The van der Waals surface area contributed by atoms with Crippen LogP contribution in [0.15, 0.2) is 59.9 Å². The zero-order chi connectivity index (χ0) is 19.2. The number of aryl methyl sites for hydroxylation is 1. The van der Waals surface area contributed by atoms with Crippen LogP contribution in [0.2, 0.25) is 5.02 Å². The molecule has 0 bridgehead atoms. The maximum absolute atomic E-state index is 12.3. The van der Waals surface area contributed by atoms with Crippen molar-refractivity contribution in [2.75, 3.05) is 5.32 Å². The molecule has 1 heterocycles. The molecule has 2 aromatic carbocycles. The average molecular weight is 403 g/mol. The van der Waals surface area contributed by atoms with Crippen LogP contribution in [-0.4, -0.2) is 15.5 Å². The lowest BCUT2D eigenvalue weighted by Gasteiger charge is -2.12. The van der Waals surface area contributed by atoms with E-state index in [9.17, 15) is 4.79 Å². The van der Waals surface area contributed by atoms with Gasteiger partial charge in [-0.05, 0) is 35.7 Å². The van der Waals surface area contributed by atoms with Gasteiger partial charge in [0.2, 0.25) is 11.8 Å². The minimum atomic E-state index is -0.144. The maximum atomic E-state index is 12.3. The summed E-state index contributed by atoms with van der Waals surface area (Å²) in [4.78, 5) is 17.1. The molecule has 3 rings (SSSR count). The second-order valence-electron chi connectivity index (χ2n) is 5.89. The molecule has 0 spiro atoms. The van der Waals surface area contributed by atoms with Crippen LogP contribution in [0, 0.1) is 0 Å². The molecule has 0 saturated heterocycles. The van der Waals surface area contributed by atoms with Gasteiger partial charge in [-0.25, -0.2) is 4.98 Å². The first-order valence-electron chi connectivity index (χ1n) is 8.19. The highest BCUT2D eigenvalue weighted by molar-refractivity contribution is 7.97. The standard InChI is InChI=1S/C19H19ClN4O2S/c1-24-12-22-10-19(24)26-11-14-6-7-15(9-17(14)27-21)23-18(25)8-13-4-2-3-5-16(13)20/h2-7,9-10,12H,8,11,21H2,1H3,(H,23,25). The van der Waals surface area contributed by atoms with E-state index in [1.807, 2.05) is 43.4 Å². The van der Waals surface area contributed by atoms with Crippen molar-refractivity contribution in [2.24, 2.45) is 12.2 Å². The van der Waals surface area contributed by atoms with Gasteiger partial charge in [-0.2, -0.15) is 0 Å². The Morgan fingerprint density at radius 3 is 2.81 bits per heavy atom. The van der Waals surface area contributed by atoms with E-state index in [-0.39, 0.29) is 12.3 Å². The minimum absolute atomic E-state index is 0.144. The van der Waals surface area contributed by atoms with E-state index >= 15 is 0 Å². The van der Waals surface area contributed by atoms with E-state index in [4.69, 9.17) is 21.5 Å². The minimum Gasteiger partial charge on any atom is -0.473 e. The molecule has 27 heavy (non-hydrogen) atoms. The molecule has 8 heteroatoms. The van der Waals surface area contributed by atoms with Gasteiger partial charge in [0.25, 0.3) is 0 Å². The molecule has 0 unspecified atom stereocenters. The van der Waals surface area contributed by atoms with E-state index in [0.717, 1.165) is 28.0 Å². The second-order valence-corrected chi connectivity index (χ2v) is 6.97. The average Bonchev–Trinajstić information content (AvgIpc) is 3.07. The summed E-state index contributed by atoms with van der Waals surface area (Å²) < 4.78 is 7.54. The number of halogens is 1. The van der Waals surface area contributed by atoms with Gasteiger partial charge in [-0.3, -0.25) is 9.93 Å². The maximum Gasteiger partial charge on any atom is 0.228 e. The first kappa shape index (κ1) is 19.3. The first-order valence-corrected chi connectivity index (χ1v) is 9.44. The molecular weight excluding hydrogens is 384 g/mol. The number of hydrogen-bond acceptors (Lipinski definition) is 5. The fourth-order valence-electron chi connectivity index (χ4n) is 2.52. The number of hydrogen-bond donors (Lipinski definition) is 2. The van der Waals surface area contributed by atoms with E-state index in [1.54, 1.807) is 23.2 Å². The molecule has 3 aromatic rings. The number of rotatable bonds is 7. The predicted octanol–water partition coefficient (Wildman–Crippen LogP) is 3.80. The highest BCUT2D eigenvalue weighted by atomic mass is 35.5. The van der Waals surface area contributed by atoms with Gasteiger partial charge in [-0.15, -0.1) is 0 Å². The molecule has 6 nitrogen and oxygen atoms in total. The molecule has 0 aliphatic carbocycles. The molecule has 1 amide bonds. The highest BCUT2D eigenvalue weighted by Crippen LogP contribution is 2.25. The largest absolute Gasteiger partial charge is 0.473 e. The third-order valence-corrected chi connectivity index (χ3v) is 4.94. The van der Waals surface area contributed by atoms with Crippen LogP contribution >= 0.6 is 23.5 Å². The second kappa shape index (κ2) is 8.94. The zero-order valence-corrected chi connectivity index (χ0v) is 16.3. The topological polar surface area (TPSA) is 82.2 Å². The molecule has 3 N–H and O–H groups in total. The number of carbonyl (C=O) groups excluding carboxylic acids is 1. The van der Waals surface area contributed by atoms with Crippen LogP contribution in [0.1, 0.15) is 11.1 Å². The van der Waals surface area contributed by atoms with Crippen molar-refractivity contribution < 1.29 is 9.53 Å². The molecule has 0 fully saturated rings. The smallest absolute Gasteiger partial charge is 0.228 e. The molecular formula is C19H19ClN4O2S. The summed E-state index contributed by atoms with van der Waals surface area (Å²) in [6, 6.07) is 12.8. The lowest BCUT2D eigenvalue weighted by Crippen LogP contribution is -2.15. The van der Waals surface area contributed by atoms with Gasteiger partial charge in [0.15, 0.2) is 0 Å². The van der Waals surface area contributed by atoms with E-state index in [0.29, 0.717) is 23.2 Å². The summed E-state index contributed by atoms with van der Waals surface area (Å²) >= 11 is 7.22. The lowest BCUT2D eigenvalue weighted by atomic mass is 10.1. The Morgan fingerprint density at radius 2 is 2.11 bits per heavy atom. The van der Waals surface area contributed by atoms with Gasteiger partial charge >= 0.3 is 0 Å². The molecule has 0 atom stereocenters. The van der Waals surface area contributed by atoms with Gasteiger partial charge in [0.05, 0.1) is 18.9 Å². The van der Waals surface area contributed by atoms with Crippen LogP contribution in [0.3, 0.4) is 0 Å². The van der Waals surface area contributed by atoms with Crippen molar-refractivity contribution >= 4 is 35.1 Å². The van der Waals surface area contributed by atoms with Crippen molar-refractivity contribution in [1.29, 1.82) is 0 Å². The molecule has 0 aliphatic heterocycles. The van der Waals surface area contributed by atoms with Gasteiger partial charge in [-0.1, -0.05) is 35.9 Å². The molecule has 1 aromatic heterocycles. The Bertz CT molecular complexity index is 945. The fourth-order valence-corrected chi connectivity index (χ4v) is 3.19. The number of benzene rings is 2. The van der Waals surface area contributed by atoms with Gasteiger partial charge in [0.1, 0.15) is 6.61 Å². The van der Waals surface area contributed by atoms with E-state index in [2.05, 4.69) is 10.3 Å². The molecule has 0 radical (unpaired) electrons. The number of amides is 1. The van der Waals surface area contributed by atoms with Crippen LogP contribution in [0.25, 0.3) is 0 Å². The Kier molecular flexibility index (Phi) is 6.39. The number of imidazole rings is 1. The number of ether oxygens (including phenoxy) is 1.